The van der Waals surface area contributed by atoms with Crippen LogP contribution in [0.2, 0.25) is 0 Å². The van der Waals surface area contributed by atoms with Crippen LogP contribution in [0.15, 0.2) is 60.7 Å². The van der Waals surface area contributed by atoms with Gasteiger partial charge in [-0.1, -0.05) is 60.7 Å². The normalized spacial score (nSPS) is 12.3. The van der Waals surface area contributed by atoms with Crippen molar-refractivity contribution in [3.8, 4) is 0 Å². The molecule has 0 aliphatic carbocycles. The number of nitrogens with zero attached hydrogens (tertiary/aromatic N) is 1. The average molecular weight is 369 g/mol. The third kappa shape index (κ3) is 6.87. The third-order valence-electron chi connectivity index (χ3n) is 3.73. The van der Waals surface area contributed by atoms with Crippen LogP contribution in [0, 0.1) is 0 Å². The molecule has 2 aromatic carbocycles. The molecule has 0 saturated heterocycles. The van der Waals surface area contributed by atoms with Crippen molar-refractivity contribution in [3.05, 3.63) is 71.8 Å². The fourth-order valence-electron chi connectivity index (χ4n) is 2.58. The lowest BCUT2D eigenvalue weighted by atomic mass is 10.0. The first-order valence-corrected chi connectivity index (χ1v) is 8.99. The summed E-state index contributed by atoms with van der Waals surface area (Å²) in [6.45, 7) is 7.08. The van der Waals surface area contributed by atoms with Crippen molar-refractivity contribution in [2.45, 2.75) is 52.4 Å². The van der Waals surface area contributed by atoms with Crippen LogP contribution in [0.4, 0.5) is 4.79 Å². The number of Topliss-reactive ketones (excluding diaryl/α,β-unsaturated/α-hetero) is 1. The molecule has 0 saturated carbocycles. The van der Waals surface area contributed by atoms with E-state index in [0.717, 1.165) is 11.1 Å². The number of rotatable bonds is 7. The maximum Gasteiger partial charge on any atom is 0.435 e. The summed E-state index contributed by atoms with van der Waals surface area (Å²) in [6.07, 6.45) is -0.480. The van der Waals surface area contributed by atoms with E-state index in [0.29, 0.717) is 0 Å². The number of amides is 1. The summed E-state index contributed by atoms with van der Waals surface area (Å²) in [5, 5.41) is 1.19. The smallest absolute Gasteiger partial charge is 0.435 e. The van der Waals surface area contributed by atoms with Gasteiger partial charge in [-0.3, -0.25) is 9.63 Å². The largest absolute Gasteiger partial charge is 0.442 e. The number of hydroxylamine groups is 2. The molecule has 0 bridgehead atoms. The average Bonchev–Trinajstić information content (AvgIpc) is 2.61. The van der Waals surface area contributed by atoms with Crippen LogP contribution in [0.3, 0.4) is 0 Å². The number of carbonyl (C=O) groups is 2. The molecule has 2 aromatic rings. The molecule has 1 atom stereocenters. The van der Waals surface area contributed by atoms with Crippen molar-refractivity contribution >= 4 is 11.9 Å². The molecule has 144 valence electrons. The van der Waals surface area contributed by atoms with Gasteiger partial charge in [-0.25, -0.2) is 4.79 Å². The van der Waals surface area contributed by atoms with Gasteiger partial charge in [-0.2, -0.15) is 5.06 Å². The summed E-state index contributed by atoms with van der Waals surface area (Å²) in [5.74, 6) is -0.0410. The zero-order valence-corrected chi connectivity index (χ0v) is 16.3. The van der Waals surface area contributed by atoms with Crippen molar-refractivity contribution in [2.75, 3.05) is 0 Å². The number of ether oxygens (including phenoxy) is 1. The van der Waals surface area contributed by atoms with E-state index >= 15 is 0 Å². The van der Waals surface area contributed by atoms with Crippen molar-refractivity contribution in [3.63, 3.8) is 0 Å². The van der Waals surface area contributed by atoms with Crippen molar-refractivity contribution < 1.29 is 19.2 Å². The molecule has 1 amide bonds. The lowest BCUT2D eigenvalue weighted by Crippen LogP contribution is -2.40. The van der Waals surface area contributed by atoms with Gasteiger partial charge in [0.1, 0.15) is 18.0 Å². The van der Waals surface area contributed by atoms with E-state index in [1.54, 1.807) is 20.8 Å². The molecule has 27 heavy (non-hydrogen) atoms. The van der Waals surface area contributed by atoms with Crippen molar-refractivity contribution in [2.24, 2.45) is 0 Å². The summed E-state index contributed by atoms with van der Waals surface area (Å²) in [6, 6.07) is 18.3. The Morgan fingerprint density at radius 2 is 1.52 bits per heavy atom. The van der Waals surface area contributed by atoms with Crippen LogP contribution >= 0.6 is 0 Å². The Labute approximate surface area is 160 Å². The van der Waals surface area contributed by atoms with E-state index in [1.165, 1.54) is 12.0 Å². The van der Waals surface area contributed by atoms with Gasteiger partial charge in [0.05, 0.1) is 6.04 Å². The van der Waals surface area contributed by atoms with E-state index in [1.807, 2.05) is 60.7 Å². The lowest BCUT2D eigenvalue weighted by molar-refractivity contribution is -0.183. The zero-order valence-electron chi connectivity index (χ0n) is 16.3. The highest BCUT2D eigenvalue weighted by Gasteiger charge is 2.31. The fourth-order valence-corrected chi connectivity index (χ4v) is 2.58. The van der Waals surface area contributed by atoms with Gasteiger partial charge in [-0.05, 0) is 38.8 Å². The quantitative estimate of drug-likeness (QED) is 0.639. The molecule has 0 fully saturated rings. The van der Waals surface area contributed by atoms with Gasteiger partial charge >= 0.3 is 6.09 Å². The second kappa shape index (κ2) is 9.33. The van der Waals surface area contributed by atoms with Crippen molar-refractivity contribution in [1.82, 2.24) is 5.06 Å². The topological polar surface area (TPSA) is 55.8 Å². The summed E-state index contributed by atoms with van der Waals surface area (Å²) in [7, 11) is 0. The van der Waals surface area contributed by atoms with Crippen molar-refractivity contribution in [1.29, 1.82) is 0 Å². The summed E-state index contributed by atoms with van der Waals surface area (Å²) in [4.78, 5) is 30.6. The highest BCUT2D eigenvalue weighted by atomic mass is 16.7. The molecule has 0 aromatic heterocycles. The monoisotopic (exact) mass is 369 g/mol. The zero-order chi connectivity index (χ0) is 19.9. The number of carbonyl (C=O) groups excluding carboxylic acids is 2. The Balaban J connectivity index is 2.31. The Morgan fingerprint density at radius 3 is 2.04 bits per heavy atom. The molecule has 0 heterocycles. The molecule has 0 N–H and O–H groups in total. The number of hydrogen-bond acceptors (Lipinski definition) is 4. The fraction of sp³-hybridized carbons (Fsp3) is 0.364. The Hall–Kier alpha value is -2.66. The number of hydrogen-bond donors (Lipinski definition) is 0. The van der Waals surface area contributed by atoms with E-state index in [9.17, 15) is 9.59 Å². The second-order valence-electron chi connectivity index (χ2n) is 7.40. The molecule has 2 rings (SSSR count). The lowest BCUT2D eigenvalue weighted by Gasteiger charge is -2.32. The SMILES string of the molecule is CC(=O)C[C@@H](c1ccccc1)N(OCc1ccccc1)C(=O)OC(C)(C)C. The number of ketones is 1. The van der Waals surface area contributed by atoms with E-state index in [2.05, 4.69) is 0 Å². The van der Waals surface area contributed by atoms with E-state index in [4.69, 9.17) is 9.57 Å². The summed E-state index contributed by atoms with van der Waals surface area (Å²) in [5.41, 5.74) is 1.05. The first kappa shape index (κ1) is 20.6. The molecule has 0 radical (unpaired) electrons. The minimum absolute atomic E-state index is 0.0410. The van der Waals surface area contributed by atoms with Crippen LogP contribution in [0.5, 0.6) is 0 Å². The summed E-state index contributed by atoms with van der Waals surface area (Å²) >= 11 is 0. The predicted molar refractivity (Wildman–Crippen MR) is 104 cm³/mol. The van der Waals surface area contributed by atoms with Gasteiger partial charge in [-0.15, -0.1) is 0 Å². The van der Waals surface area contributed by atoms with E-state index < -0.39 is 17.7 Å². The molecule has 5 heteroatoms. The summed E-state index contributed by atoms with van der Waals surface area (Å²) < 4.78 is 5.52. The van der Waals surface area contributed by atoms with Gasteiger partial charge in [0.2, 0.25) is 0 Å². The Morgan fingerprint density at radius 1 is 0.963 bits per heavy atom. The number of benzene rings is 2. The highest BCUT2D eigenvalue weighted by Crippen LogP contribution is 2.28. The van der Waals surface area contributed by atoms with Gasteiger partial charge in [0.15, 0.2) is 0 Å². The molecule has 5 nitrogen and oxygen atoms in total. The second-order valence-corrected chi connectivity index (χ2v) is 7.40. The Kier molecular flexibility index (Phi) is 7.13. The first-order valence-electron chi connectivity index (χ1n) is 8.99. The van der Waals surface area contributed by atoms with Gasteiger partial charge in [0, 0.05) is 6.42 Å². The van der Waals surface area contributed by atoms with Crippen LogP contribution in [0.1, 0.15) is 51.3 Å². The minimum atomic E-state index is -0.678. The standard InChI is InChI=1S/C22H27NO4/c1-17(24)15-20(19-13-9-6-10-14-19)23(21(25)27-22(2,3)4)26-16-18-11-7-5-8-12-18/h5-14,20H,15-16H2,1-4H3/t20-/m0/s1. The molecule has 0 unspecified atom stereocenters. The Bertz CT molecular complexity index is 738. The van der Waals surface area contributed by atoms with Crippen LogP contribution in [-0.2, 0) is 21.0 Å². The maximum atomic E-state index is 12.8. The van der Waals surface area contributed by atoms with Gasteiger partial charge < -0.3 is 4.74 Å². The highest BCUT2D eigenvalue weighted by molar-refractivity contribution is 5.77. The predicted octanol–water partition coefficient (Wildman–Crippen LogP) is 5.08. The molecule has 0 aliphatic heterocycles. The molecular weight excluding hydrogens is 342 g/mol. The third-order valence-corrected chi connectivity index (χ3v) is 3.73. The minimum Gasteiger partial charge on any atom is -0.442 e. The maximum absolute atomic E-state index is 12.8. The van der Waals surface area contributed by atoms with Crippen LogP contribution < -0.4 is 0 Å². The van der Waals surface area contributed by atoms with Gasteiger partial charge in [0.25, 0.3) is 0 Å². The van der Waals surface area contributed by atoms with Crippen LogP contribution in [-0.4, -0.2) is 22.5 Å². The molecule has 0 aliphatic rings. The van der Waals surface area contributed by atoms with Crippen LogP contribution in [0.25, 0.3) is 0 Å². The molecule has 0 spiro atoms. The first-order chi connectivity index (χ1) is 12.8. The van der Waals surface area contributed by atoms with E-state index in [-0.39, 0.29) is 18.8 Å². The molecular formula is C22H27NO4.